The number of hydrogen-bond donors (Lipinski definition) is 5. The smallest absolute Gasteiger partial charge is 0.179 e. The van der Waals surface area contributed by atoms with Crippen molar-refractivity contribution in [2.45, 2.75) is 32.5 Å². The Balaban J connectivity index is 0.000000269. The van der Waals surface area contributed by atoms with Crippen LogP contribution in [0.1, 0.15) is 19.4 Å². The maximum atomic E-state index is 11.4. The fourth-order valence-corrected chi connectivity index (χ4v) is 2.95. The van der Waals surface area contributed by atoms with Crippen molar-refractivity contribution in [3.63, 3.8) is 0 Å². The fourth-order valence-electron chi connectivity index (χ4n) is 2.95. The molecule has 3 aromatic carbocycles. The van der Waals surface area contributed by atoms with Gasteiger partial charge < -0.3 is 30.7 Å². The Kier molecular flexibility index (Phi) is 11.3. The summed E-state index contributed by atoms with van der Waals surface area (Å²) >= 11 is 0. The number of ketones is 2. The zero-order valence-electron chi connectivity index (χ0n) is 19.8. The van der Waals surface area contributed by atoms with Crippen molar-refractivity contribution in [3.8, 4) is 11.5 Å². The fraction of sp³-hybridized carbons (Fsp3) is 0.259. The molecule has 3 aromatic rings. The average molecular weight is 481 g/mol. The minimum atomic E-state index is -0.479. The van der Waals surface area contributed by atoms with Gasteiger partial charge in [0.15, 0.2) is 11.6 Å². The Morgan fingerprint density at radius 1 is 0.771 bits per heavy atom. The van der Waals surface area contributed by atoms with Gasteiger partial charge in [-0.3, -0.25) is 9.59 Å². The van der Waals surface area contributed by atoms with Crippen LogP contribution in [0.25, 0.3) is 0 Å². The van der Waals surface area contributed by atoms with E-state index in [0.29, 0.717) is 12.3 Å². The largest absolute Gasteiger partial charge is 0.508 e. The standard InChI is InChI=1S/C17H19NO3.C10H13NO3/c1-13(17(20)11-19)18-15-8-5-9-16(10-15)21-12-14-6-3-2-4-7-14;1-7(10(14)6-12)11-8-3-2-4-9(13)5-8/h2-10,13,18-19H,11-12H2,1H3;2-5,7,11-13H,6H2,1H3/t13-;7-/m00/s1. The number of carbonyl (C=O) groups is 2. The molecule has 0 spiro atoms. The van der Waals surface area contributed by atoms with Gasteiger partial charge in [0.2, 0.25) is 0 Å². The summed E-state index contributed by atoms with van der Waals surface area (Å²) in [6.07, 6.45) is 0. The van der Waals surface area contributed by atoms with Gasteiger partial charge in [-0.15, -0.1) is 0 Å². The average Bonchev–Trinajstić information content (AvgIpc) is 2.87. The minimum absolute atomic E-state index is 0.138. The number of aliphatic hydroxyl groups is 2. The van der Waals surface area contributed by atoms with E-state index in [1.165, 1.54) is 6.07 Å². The van der Waals surface area contributed by atoms with Crippen molar-refractivity contribution < 1.29 is 29.6 Å². The summed E-state index contributed by atoms with van der Waals surface area (Å²) in [5.41, 5.74) is 2.54. The van der Waals surface area contributed by atoms with Gasteiger partial charge in [0.25, 0.3) is 0 Å². The van der Waals surface area contributed by atoms with Crippen LogP contribution < -0.4 is 15.4 Å². The summed E-state index contributed by atoms with van der Waals surface area (Å²) in [7, 11) is 0. The van der Waals surface area contributed by atoms with E-state index in [9.17, 15) is 9.59 Å². The number of Topliss-reactive ketones (excluding diaryl/α,β-unsaturated/α-hetero) is 2. The summed E-state index contributed by atoms with van der Waals surface area (Å²) in [5.74, 6) is 0.338. The molecule has 0 aliphatic heterocycles. The van der Waals surface area contributed by atoms with Gasteiger partial charge in [0, 0.05) is 23.5 Å². The quantitative estimate of drug-likeness (QED) is 0.283. The molecule has 0 fully saturated rings. The number of hydrogen-bond acceptors (Lipinski definition) is 8. The van der Waals surface area contributed by atoms with Crippen LogP contribution in [-0.2, 0) is 16.2 Å². The SMILES string of the molecule is C[C@H](Nc1cccc(O)c1)C(=O)CO.C[C@H](Nc1cccc(OCc2ccccc2)c1)C(=O)CO. The molecule has 8 heteroatoms. The molecule has 0 unspecified atom stereocenters. The van der Waals surface area contributed by atoms with E-state index in [-0.39, 0.29) is 17.3 Å². The van der Waals surface area contributed by atoms with E-state index in [1.807, 2.05) is 54.6 Å². The topological polar surface area (TPSA) is 128 Å². The minimum Gasteiger partial charge on any atom is -0.508 e. The van der Waals surface area contributed by atoms with Crippen molar-refractivity contribution in [1.82, 2.24) is 0 Å². The molecule has 5 N–H and O–H groups in total. The first kappa shape index (κ1) is 27.4. The molecular formula is C27H32N2O6. The summed E-state index contributed by atoms with van der Waals surface area (Å²) in [6, 6.07) is 22.9. The molecule has 0 saturated heterocycles. The highest BCUT2D eigenvalue weighted by Crippen LogP contribution is 2.19. The zero-order valence-corrected chi connectivity index (χ0v) is 19.8. The molecule has 2 atom stereocenters. The van der Waals surface area contributed by atoms with Crippen LogP contribution in [0.3, 0.4) is 0 Å². The van der Waals surface area contributed by atoms with Crippen molar-refractivity contribution in [3.05, 3.63) is 84.4 Å². The third kappa shape index (κ3) is 9.87. The van der Waals surface area contributed by atoms with Crippen LogP contribution in [0.4, 0.5) is 11.4 Å². The second-order valence-corrected chi connectivity index (χ2v) is 7.83. The second kappa shape index (κ2) is 14.4. The number of phenolic OH excluding ortho intramolecular Hbond substituents is 1. The number of ether oxygens (including phenoxy) is 1. The lowest BCUT2D eigenvalue weighted by molar-refractivity contribution is -0.122. The summed E-state index contributed by atoms with van der Waals surface area (Å²) in [5, 5.41) is 32.5. The summed E-state index contributed by atoms with van der Waals surface area (Å²) in [6.45, 7) is 2.93. The highest BCUT2D eigenvalue weighted by atomic mass is 16.5. The van der Waals surface area contributed by atoms with E-state index < -0.39 is 25.3 Å². The third-order valence-electron chi connectivity index (χ3n) is 4.97. The van der Waals surface area contributed by atoms with Crippen LogP contribution in [-0.4, -0.2) is 52.2 Å². The van der Waals surface area contributed by atoms with Gasteiger partial charge in [-0.05, 0) is 43.7 Å². The lowest BCUT2D eigenvalue weighted by atomic mass is 10.2. The van der Waals surface area contributed by atoms with Crippen LogP contribution >= 0.6 is 0 Å². The van der Waals surface area contributed by atoms with Crippen LogP contribution in [0.5, 0.6) is 11.5 Å². The molecule has 0 radical (unpaired) electrons. The summed E-state index contributed by atoms with van der Waals surface area (Å²) in [4.78, 5) is 22.4. The van der Waals surface area contributed by atoms with E-state index in [1.54, 1.807) is 32.0 Å². The van der Waals surface area contributed by atoms with Crippen molar-refractivity contribution in [2.24, 2.45) is 0 Å². The second-order valence-electron chi connectivity index (χ2n) is 7.83. The molecule has 0 amide bonds. The number of phenols is 1. The Morgan fingerprint density at radius 2 is 1.31 bits per heavy atom. The molecular weight excluding hydrogens is 448 g/mol. The van der Waals surface area contributed by atoms with E-state index >= 15 is 0 Å². The van der Waals surface area contributed by atoms with Crippen molar-refractivity contribution >= 4 is 22.9 Å². The number of benzene rings is 3. The van der Waals surface area contributed by atoms with Gasteiger partial charge in [0.1, 0.15) is 31.3 Å². The molecule has 8 nitrogen and oxygen atoms in total. The first-order valence-electron chi connectivity index (χ1n) is 11.2. The number of nitrogens with one attached hydrogen (secondary N) is 2. The zero-order chi connectivity index (χ0) is 25.6. The lowest BCUT2D eigenvalue weighted by Gasteiger charge is -2.14. The molecule has 3 rings (SSSR count). The van der Waals surface area contributed by atoms with Gasteiger partial charge in [-0.25, -0.2) is 0 Å². The van der Waals surface area contributed by atoms with Gasteiger partial charge in [0.05, 0.1) is 12.1 Å². The molecule has 186 valence electrons. The van der Waals surface area contributed by atoms with E-state index in [2.05, 4.69) is 10.6 Å². The maximum absolute atomic E-state index is 11.4. The van der Waals surface area contributed by atoms with Crippen molar-refractivity contribution in [2.75, 3.05) is 23.8 Å². The van der Waals surface area contributed by atoms with E-state index in [4.69, 9.17) is 20.1 Å². The number of aliphatic hydroxyl groups excluding tert-OH is 2. The number of rotatable bonds is 11. The maximum Gasteiger partial charge on any atom is 0.179 e. The van der Waals surface area contributed by atoms with Gasteiger partial charge in [-0.2, -0.15) is 0 Å². The predicted molar refractivity (Wildman–Crippen MR) is 136 cm³/mol. The normalized spacial score (nSPS) is 11.9. The monoisotopic (exact) mass is 480 g/mol. The van der Waals surface area contributed by atoms with Crippen LogP contribution in [0.15, 0.2) is 78.9 Å². The third-order valence-corrected chi connectivity index (χ3v) is 4.97. The Hall–Kier alpha value is -3.88. The van der Waals surface area contributed by atoms with E-state index in [0.717, 1.165) is 17.0 Å². The predicted octanol–water partition coefficient (Wildman–Crippen LogP) is 3.38. The van der Waals surface area contributed by atoms with Gasteiger partial charge >= 0.3 is 0 Å². The first-order valence-corrected chi connectivity index (χ1v) is 11.2. The Morgan fingerprint density at radius 3 is 1.86 bits per heavy atom. The molecule has 0 aromatic heterocycles. The molecule has 0 bridgehead atoms. The lowest BCUT2D eigenvalue weighted by Crippen LogP contribution is -2.28. The first-order chi connectivity index (χ1) is 16.8. The summed E-state index contributed by atoms with van der Waals surface area (Å²) < 4.78 is 5.73. The molecule has 0 saturated carbocycles. The number of aromatic hydroxyl groups is 1. The Bertz CT molecular complexity index is 1070. The number of carbonyl (C=O) groups excluding carboxylic acids is 2. The molecule has 0 aliphatic carbocycles. The van der Waals surface area contributed by atoms with Crippen LogP contribution in [0, 0.1) is 0 Å². The molecule has 35 heavy (non-hydrogen) atoms. The molecule has 0 heterocycles. The number of anilines is 2. The highest BCUT2D eigenvalue weighted by molar-refractivity contribution is 5.87. The molecule has 0 aliphatic rings. The Labute approximate surface area is 205 Å². The van der Waals surface area contributed by atoms with Crippen LogP contribution in [0.2, 0.25) is 0 Å². The van der Waals surface area contributed by atoms with Crippen molar-refractivity contribution in [1.29, 1.82) is 0 Å². The van der Waals surface area contributed by atoms with Gasteiger partial charge in [-0.1, -0.05) is 42.5 Å². The highest BCUT2D eigenvalue weighted by Gasteiger charge is 2.12.